The molecule has 0 amide bonds. The molecule has 0 heterocycles. The predicted octanol–water partition coefficient (Wildman–Crippen LogP) is 3.29. The summed E-state index contributed by atoms with van der Waals surface area (Å²) < 4.78 is 0. The molecule has 0 saturated carbocycles. The van der Waals surface area contributed by atoms with Crippen molar-refractivity contribution in [3.63, 3.8) is 0 Å². The molecule has 0 atom stereocenters. The van der Waals surface area contributed by atoms with Gasteiger partial charge in [0.1, 0.15) is 5.75 Å². The minimum absolute atomic E-state index is 0.422. The van der Waals surface area contributed by atoms with Gasteiger partial charge in [0.15, 0.2) is 0 Å². The maximum atomic E-state index is 9.68. The van der Waals surface area contributed by atoms with Gasteiger partial charge in [0, 0.05) is 12.6 Å². The Morgan fingerprint density at radius 3 is 2.06 bits per heavy atom. The van der Waals surface area contributed by atoms with E-state index in [1.807, 2.05) is 13.8 Å². The van der Waals surface area contributed by atoms with E-state index in [1.54, 1.807) is 0 Å². The van der Waals surface area contributed by atoms with Gasteiger partial charge in [-0.25, -0.2) is 0 Å². The molecule has 2 nitrogen and oxygen atoms in total. The van der Waals surface area contributed by atoms with Gasteiger partial charge in [0.2, 0.25) is 0 Å². The molecule has 0 aromatic heterocycles. The van der Waals surface area contributed by atoms with Crippen molar-refractivity contribution in [2.45, 2.75) is 53.1 Å². The van der Waals surface area contributed by atoms with E-state index in [-0.39, 0.29) is 0 Å². The molecular weight excluding hydrogens is 198 g/mol. The topological polar surface area (TPSA) is 32.3 Å². The summed E-state index contributed by atoms with van der Waals surface area (Å²) in [6.07, 6.45) is 2.32. The highest BCUT2D eigenvalue weighted by Gasteiger charge is 2.05. The molecule has 0 aliphatic heterocycles. The number of rotatable bonds is 5. The van der Waals surface area contributed by atoms with Crippen LogP contribution in [0.1, 0.15) is 43.4 Å². The van der Waals surface area contributed by atoms with Gasteiger partial charge in [-0.1, -0.05) is 26.0 Å². The first-order valence-corrected chi connectivity index (χ1v) is 6.10. The lowest BCUT2D eigenvalue weighted by Gasteiger charge is -2.15. The number of aromatic hydroxyl groups is 1. The second-order valence-electron chi connectivity index (χ2n) is 4.47. The van der Waals surface area contributed by atoms with Gasteiger partial charge in [-0.05, 0) is 43.4 Å². The van der Waals surface area contributed by atoms with Crippen molar-refractivity contribution in [3.05, 3.63) is 28.8 Å². The number of hydrogen-bond acceptors (Lipinski definition) is 2. The van der Waals surface area contributed by atoms with Gasteiger partial charge in [0.05, 0.1) is 0 Å². The lowest BCUT2D eigenvalue weighted by Crippen LogP contribution is -2.27. The third kappa shape index (κ3) is 3.24. The first-order chi connectivity index (χ1) is 7.58. The quantitative estimate of drug-likeness (QED) is 0.799. The van der Waals surface area contributed by atoms with E-state index < -0.39 is 0 Å². The van der Waals surface area contributed by atoms with Gasteiger partial charge in [-0.3, -0.25) is 0 Å². The fourth-order valence-corrected chi connectivity index (χ4v) is 1.99. The Morgan fingerprint density at radius 2 is 1.62 bits per heavy atom. The minimum atomic E-state index is 0.422. The Morgan fingerprint density at radius 1 is 1.12 bits per heavy atom. The maximum absolute atomic E-state index is 9.68. The Hall–Kier alpha value is -1.02. The van der Waals surface area contributed by atoms with Gasteiger partial charge >= 0.3 is 0 Å². The van der Waals surface area contributed by atoms with Crippen LogP contribution in [-0.4, -0.2) is 11.1 Å². The Labute approximate surface area is 98.7 Å². The molecular formula is C14H23NO. The van der Waals surface area contributed by atoms with Crippen molar-refractivity contribution >= 4 is 0 Å². The molecule has 0 saturated heterocycles. The summed E-state index contributed by atoms with van der Waals surface area (Å²) in [6.45, 7) is 9.18. The molecule has 0 aliphatic rings. The molecule has 1 rings (SSSR count). The van der Waals surface area contributed by atoms with Gasteiger partial charge < -0.3 is 10.4 Å². The average Bonchev–Trinajstić information content (AvgIpc) is 2.27. The molecule has 16 heavy (non-hydrogen) atoms. The van der Waals surface area contributed by atoms with Crippen molar-refractivity contribution in [2.24, 2.45) is 0 Å². The van der Waals surface area contributed by atoms with Crippen LogP contribution >= 0.6 is 0 Å². The molecule has 1 aromatic carbocycles. The molecule has 2 heteroatoms. The fraction of sp³-hybridized carbons (Fsp3) is 0.571. The zero-order chi connectivity index (χ0) is 12.1. The Bertz CT molecular complexity index is 320. The summed E-state index contributed by atoms with van der Waals surface area (Å²) in [7, 11) is 0. The number of nitrogens with one attached hydrogen (secondary N) is 1. The van der Waals surface area contributed by atoms with E-state index in [0.717, 1.165) is 30.5 Å². The van der Waals surface area contributed by atoms with Crippen LogP contribution in [0.4, 0.5) is 0 Å². The highest BCUT2D eigenvalue weighted by Crippen LogP contribution is 2.22. The Kier molecular flexibility index (Phi) is 4.81. The first-order valence-electron chi connectivity index (χ1n) is 6.10. The van der Waals surface area contributed by atoms with Crippen LogP contribution in [0.2, 0.25) is 0 Å². The molecule has 1 aromatic rings. The molecule has 0 aliphatic carbocycles. The van der Waals surface area contributed by atoms with Crippen molar-refractivity contribution in [3.8, 4) is 5.75 Å². The summed E-state index contributed by atoms with van der Waals surface area (Å²) in [5.74, 6) is 0.422. The number of phenols is 1. The van der Waals surface area contributed by atoms with E-state index >= 15 is 0 Å². The van der Waals surface area contributed by atoms with E-state index in [1.165, 1.54) is 5.56 Å². The maximum Gasteiger partial charge on any atom is 0.121 e. The van der Waals surface area contributed by atoms with Crippen LogP contribution in [0.25, 0.3) is 0 Å². The van der Waals surface area contributed by atoms with Gasteiger partial charge in [-0.2, -0.15) is 0 Å². The minimum Gasteiger partial charge on any atom is -0.507 e. The van der Waals surface area contributed by atoms with E-state index in [0.29, 0.717) is 11.8 Å². The van der Waals surface area contributed by atoms with Crippen LogP contribution in [0.5, 0.6) is 5.75 Å². The summed E-state index contributed by atoms with van der Waals surface area (Å²) >= 11 is 0. The monoisotopic (exact) mass is 221 g/mol. The molecule has 90 valence electrons. The second-order valence-corrected chi connectivity index (χ2v) is 4.47. The summed E-state index contributed by atoms with van der Waals surface area (Å²) in [4.78, 5) is 0. The lowest BCUT2D eigenvalue weighted by molar-refractivity contribution is 0.464. The molecule has 2 N–H and O–H groups in total. The van der Waals surface area contributed by atoms with Gasteiger partial charge in [-0.15, -0.1) is 0 Å². The molecule has 0 bridgehead atoms. The third-order valence-electron chi connectivity index (χ3n) is 3.13. The third-order valence-corrected chi connectivity index (χ3v) is 3.13. The molecule has 0 radical (unpaired) electrons. The molecule has 0 spiro atoms. The Balaban J connectivity index is 2.68. The normalized spacial score (nSPS) is 11.1. The van der Waals surface area contributed by atoms with Crippen molar-refractivity contribution in [1.29, 1.82) is 0 Å². The van der Waals surface area contributed by atoms with Crippen LogP contribution in [-0.2, 0) is 6.54 Å². The lowest BCUT2D eigenvalue weighted by atomic mass is 10.1. The van der Waals surface area contributed by atoms with E-state index in [4.69, 9.17) is 0 Å². The highest BCUT2D eigenvalue weighted by molar-refractivity contribution is 5.42. The van der Waals surface area contributed by atoms with Crippen molar-refractivity contribution in [2.75, 3.05) is 0 Å². The van der Waals surface area contributed by atoms with E-state index in [2.05, 4.69) is 31.3 Å². The molecule has 0 unspecified atom stereocenters. The highest BCUT2D eigenvalue weighted by atomic mass is 16.3. The first kappa shape index (κ1) is 13.0. The summed E-state index contributed by atoms with van der Waals surface area (Å²) in [5.41, 5.74) is 3.17. The van der Waals surface area contributed by atoms with Crippen molar-refractivity contribution < 1.29 is 5.11 Å². The summed E-state index contributed by atoms with van der Waals surface area (Å²) in [6, 6.07) is 4.70. The van der Waals surface area contributed by atoms with Crippen molar-refractivity contribution in [1.82, 2.24) is 5.32 Å². The largest absolute Gasteiger partial charge is 0.507 e. The second kappa shape index (κ2) is 5.90. The number of hydrogen-bond donors (Lipinski definition) is 2. The smallest absolute Gasteiger partial charge is 0.121 e. The number of aryl methyl sites for hydroxylation is 2. The SMILES string of the molecule is CCC(CC)NCc1cc(C)c(O)c(C)c1. The standard InChI is InChI=1S/C14H23NO/c1-5-13(6-2)15-9-12-7-10(3)14(16)11(4)8-12/h7-8,13,15-16H,5-6,9H2,1-4H3. The van der Waals surface area contributed by atoms with Crippen LogP contribution < -0.4 is 5.32 Å². The molecule has 0 fully saturated rings. The van der Waals surface area contributed by atoms with E-state index in [9.17, 15) is 5.11 Å². The van der Waals surface area contributed by atoms with Gasteiger partial charge in [0.25, 0.3) is 0 Å². The predicted molar refractivity (Wildman–Crippen MR) is 68.8 cm³/mol. The average molecular weight is 221 g/mol. The number of benzene rings is 1. The summed E-state index contributed by atoms with van der Waals surface area (Å²) in [5, 5.41) is 13.2. The zero-order valence-electron chi connectivity index (χ0n) is 10.8. The van der Waals surface area contributed by atoms with Crippen LogP contribution in [0.3, 0.4) is 0 Å². The van der Waals surface area contributed by atoms with Crippen LogP contribution in [0.15, 0.2) is 12.1 Å². The zero-order valence-corrected chi connectivity index (χ0v) is 10.8. The fourth-order valence-electron chi connectivity index (χ4n) is 1.99. The number of phenolic OH excluding ortho intramolecular Hbond substituents is 1. The van der Waals surface area contributed by atoms with Crippen LogP contribution in [0, 0.1) is 13.8 Å².